The number of allylic oxidation sites excluding steroid dienone is 1. The van der Waals surface area contributed by atoms with Crippen LogP contribution in [0.15, 0.2) is 63.5 Å². The molecule has 2 aromatic carbocycles. The molecule has 1 N–H and O–H groups in total. The average Bonchev–Trinajstić information content (AvgIpc) is 3.10. The third-order valence-electron chi connectivity index (χ3n) is 5.10. The van der Waals surface area contributed by atoms with Gasteiger partial charge in [-0.15, -0.1) is 0 Å². The van der Waals surface area contributed by atoms with E-state index in [1.807, 2.05) is 49.4 Å². The number of halogens is 2. The number of aromatic hydroxyl groups is 1. The number of hydrogen-bond acceptors (Lipinski definition) is 6. The Balaban J connectivity index is 2.00. The van der Waals surface area contributed by atoms with Gasteiger partial charge in [-0.1, -0.05) is 48.6 Å². The molecule has 0 saturated carbocycles. The minimum atomic E-state index is -0.614. The summed E-state index contributed by atoms with van der Waals surface area (Å²) < 4.78 is 8.56. The molecule has 1 aliphatic rings. The summed E-state index contributed by atoms with van der Waals surface area (Å²) in [6, 6.07) is 12.5. The number of phenols is 1. The number of nitrogens with zero attached hydrogens (tertiary/aromatic N) is 2. The van der Waals surface area contributed by atoms with E-state index in [2.05, 4.69) is 50.2 Å². The predicted molar refractivity (Wildman–Crippen MR) is 140 cm³/mol. The number of carbonyl (C=O) groups excluding carboxylic acids is 1. The third kappa shape index (κ3) is 4.17. The minimum Gasteiger partial charge on any atom is -0.506 e. The fourth-order valence-corrected chi connectivity index (χ4v) is 6.47. The molecule has 2 heterocycles. The van der Waals surface area contributed by atoms with E-state index in [1.165, 1.54) is 18.4 Å². The summed E-state index contributed by atoms with van der Waals surface area (Å²) in [5, 5.41) is 10.0. The number of esters is 1. The van der Waals surface area contributed by atoms with Crippen molar-refractivity contribution in [2.24, 2.45) is 4.99 Å². The number of hydrogen-bond donors (Lipinski definition) is 1. The number of thiazole rings is 1. The lowest BCUT2D eigenvalue weighted by Gasteiger charge is -2.25. The van der Waals surface area contributed by atoms with Crippen molar-refractivity contribution in [3.05, 3.63) is 91.7 Å². The largest absolute Gasteiger partial charge is 0.506 e. The summed E-state index contributed by atoms with van der Waals surface area (Å²) in [7, 11) is 1.34. The van der Waals surface area contributed by atoms with Gasteiger partial charge in [-0.25, -0.2) is 9.79 Å². The van der Waals surface area contributed by atoms with E-state index in [1.54, 1.807) is 10.6 Å². The first-order chi connectivity index (χ1) is 15.3. The maximum Gasteiger partial charge on any atom is 0.338 e. The summed E-state index contributed by atoms with van der Waals surface area (Å²) in [5.74, 6) is -0.263. The molecule has 1 atom stereocenters. The molecule has 9 heteroatoms. The second kappa shape index (κ2) is 9.48. The van der Waals surface area contributed by atoms with E-state index in [9.17, 15) is 14.7 Å². The Kier molecular flexibility index (Phi) is 6.86. The first-order valence-corrected chi connectivity index (χ1v) is 12.7. The molecule has 3 aromatic rings. The van der Waals surface area contributed by atoms with Crippen molar-refractivity contribution in [3.63, 3.8) is 0 Å². The van der Waals surface area contributed by atoms with Gasteiger partial charge in [0, 0.05) is 0 Å². The van der Waals surface area contributed by atoms with Crippen LogP contribution in [0.5, 0.6) is 5.75 Å². The molecule has 4 rings (SSSR count). The molecule has 0 radical (unpaired) electrons. The quantitative estimate of drug-likeness (QED) is 0.339. The van der Waals surface area contributed by atoms with Crippen LogP contribution in [0, 0.1) is 7.14 Å². The molecule has 6 nitrogen and oxygen atoms in total. The molecular weight excluding hydrogens is 654 g/mol. The second-order valence-corrected chi connectivity index (χ2v) is 10.4. The smallest absolute Gasteiger partial charge is 0.338 e. The fourth-order valence-electron chi connectivity index (χ4n) is 3.63. The Labute approximate surface area is 215 Å². The maximum absolute atomic E-state index is 13.5. The van der Waals surface area contributed by atoms with Crippen LogP contribution in [0.4, 0.5) is 0 Å². The van der Waals surface area contributed by atoms with Gasteiger partial charge >= 0.3 is 5.97 Å². The fraction of sp³-hybridized carbons (Fsp3) is 0.174. The molecule has 1 aliphatic heterocycles. The first kappa shape index (κ1) is 23.2. The zero-order valence-electron chi connectivity index (χ0n) is 17.1. The SMILES string of the molecule is CCC1=C(C(=O)OC)[C@H](c2ccccc2)n2c(s/c(=C\c3cc(I)c(O)c(I)c3)c2=O)=N1. The van der Waals surface area contributed by atoms with E-state index in [0.29, 0.717) is 34.2 Å². The van der Waals surface area contributed by atoms with E-state index >= 15 is 0 Å². The lowest BCUT2D eigenvalue weighted by Crippen LogP contribution is -2.40. The van der Waals surface area contributed by atoms with Gasteiger partial charge in [-0.3, -0.25) is 9.36 Å². The Morgan fingerprint density at radius 1 is 1.25 bits per heavy atom. The van der Waals surface area contributed by atoms with Crippen molar-refractivity contribution in [2.45, 2.75) is 19.4 Å². The van der Waals surface area contributed by atoms with Gasteiger partial charge in [-0.2, -0.15) is 0 Å². The highest BCUT2D eigenvalue weighted by Gasteiger charge is 2.33. The molecule has 1 aromatic heterocycles. The molecule has 0 fully saturated rings. The molecule has 164 valence electrons. The summed E-state index contributed by atoms with van der Waals surface area (Å²) in [5.41, 5.74) is 2.40. The Hall–Kier alpha value is -1.99. The topological polar surface area (TPSA) is 80.9 Å². The number of phenolic OH excluding ortho intramolecular Hbond substituents is 1. The van der Waals surface area contributed by atoms with E-state index in [-0.39, 0.29) is 11.3 Å². The van der Waals surface area contributed by atoms with Crippen LogP contribution in [-0.2, 0) is 9.53 Å². The Morgan fingerprint density at radius 3 is 2.50 bits per heavy atom. The van der Waals surface area contributed by atoms with Crippen molar-refractivity contribution in [2.75, 3.05) is 7.11 Å². The number of ether oxygens (including phenoxy) is 1. The van der Waals surface area contributed by atoms with Crippen LogP contribution in [0.25, 0.3) is 6.08 Å². The van der Waals surface area contributed by atoms with Crippen LogP contribution < -0.4 is 14.9 Å². The van der Waals surface area contributed by atoms with Crippen molar-refractivity contribution in [3.8, 4) is 5.75 Å². The van der Waals surface area contributed by atoms with Crippen molar-refractivity contribution < 1.29 is 14.6 Å². The number of fused-ring (bicyclic) bond motifs is 1. The first-order valence-electron chi connectivity index (χ1n) is 9.71. The average molecular weight is 672 g/mol. The standard InChI is InChI=1S/C23H18I2N2O4S/c1-3-16-18(22(30)31-2)19(13-7-5-4-6-8-13)27-21(29)17(32-23(27)26-16)11-12-9-14(24)20(28)15(25)10-12/h4-11,19,28H,3H2,1-2H3/b17-11-/t19-/m0/s1. The monoisotopic (exact) mass is 672 g/mol. The lowest BCUT2D eigenvalue weighted by molar-refractivity contribution is -0.136. The van der Waals surface area contributed by atoms with Gasteiger partial charge in [-0.05, 0) is 80.9 Å². The molecule has 0 unspecified atom stereocenters. The Morgan fingerprint density at radius 2 is 1.91 bits per heavy atom. The van der Waals surface area contributed by atoms with Gasteiger partial charge in [0.25, 0.3) is 5.56 Å². The van der Waals surface area contributed by atoms with Gasteiger partial charge < -0.3 is 9.84 Å². The van der Waals surface area contributed by atoms with Crippen LogP contribution in [0.2, 0.25) is 0 Å². The summed E-state index contributed by atoms with van der Waals surface area (Å²) in [4.78, 5) is 31.5. The summed E-state index contributed by atoms with van der Waals surface area (Å²) in [6.45, 7) is 1.93. The predicted octanol–water partition coefficient (Wildman–Crippen LogP) is 3.71. The normalized spacial score (nSPS) is 16.0. The van der Waals surface area contributed by atoms with Crippen molar-refractivity contribution >= 4 is 68.6 Å². The highest BCUT2D eigenvalue weighted by molar-refractivity contribution is 14.1. The minimum absolute atomic E-state index is 0.225. The molecule has 0 saturated heterocycles. The summed E-state index contributed by atoms with van der Waals surface area (Å²) >= 11 is 5.42. The summed E-state index contributed by atoms with van der Waals surface area (Å²) in [6.07, 6.45) is 2.33. The highest BCUT2D eigenvalue weighted by Crippen LogP contribution is 2.32. The van der Waals surface area contributed by atoms with Crippen LogP contribution in [0.3, 0.4) is 0 Å². The molecule has 32 heavy (non-hydrogen) atoms. The van der Waals surface area contributed by atoms with Crippen LogP contribution in [-0.4, -0.2) is 22.8 Å². The van der Waals surface area contributed by atoms with Gasteiger partial charge in [0.2, 0.25) is 0 Å². The Bertz CT molecular complexity index is 1400. The molecule has 0 bridgehead atoms. The molecular formula is C23H18I2N2O4S. The number of methoxy groups -OCH3 is 1. The van der Waals surface area contributed by atoms with Gasteiger partial charge in [0.05, 0.1) is 36.1 Å². The van der Waals surface area contributed by atoms with Crippen molar-refractivity contribution in [1.29, 1.82) is 0 Å². The van der Waals surface area contributed by atoms with E-state index in [0.717, 1.165) is 11.1 Å². The number of rotatable bonds is 4. The number of carbonyl (C=O) groups is 1. The van der Waals surface area contributed by atoms with Crippen molar-refractivity contribution in [1.82, 2.24) is 4.57 Å². The zero-order chi connectivity index (χ0) is 23.0. The van der Waals surface area contributed by atoms with Crippen LogP contribution in [0.1, 0.15) is 30.5 Å². The van der Waals surface area contributed by atoms with Gasteiger partial charge in [0.15, 0.2) is 4.80 Å². The molecule has 0 aliphatic carbocycles. The zero-order valence-corrected chi connectivity index (χ0v) is 22.3. The molecule has 0 amide bonds. The number of aromatic nitrogens is 1. The maximum atomic E-state index is 13.5. The highest BCUT2D eigenvalue weighted by atomic mass is 127. The molecule has 0 spiro atoms. The van der Waals surface area contributed by atoms with Crippen LogP contribution >= 0.6 is 56.5 Å². The third-order valence-corrected chi connectivity index (χ3v) is 7.73. The number of benzene rings is 2. The lowest BCUT2D eigenvalue weighted by atomic mass is 9.95. The van der Waals surface area contributed by atoms with Gasteiger partial charge in [0.1, 0.15) is 5.75 Å². The second-order valence-electron chi connectivity index (χ2n) is 7.03. The van der Waals surface area contributed by atoms with E-state index < -0.39 is 12.0 Å². The van der Waals surface area contributed by atoms with E-state index in [4.69, 9.17) is 4.74 Å².